The molecule has 0 saturated carbocycles. The Morgan fingerprint density at radius 1 is 1.03 bits per heavy atom. The lowest BCUT2D eigenvalue weighted by molar-refractivity contribution is -0.147. The number of hydrogen-bond donors (Lipinski definition) is 2. The molecule has 0 radical (unpaired) electrons. The summed E-state index contributed by atoms with van der Waals surface area (Å²) >= 11 is 0. The van der Waals surface area contributed by atoms with Crippen LogP contribution in [0.1, 0.15) is 73.6 Å². The lowest BCUT2D eigenvalue weighted by atomic mass is 9.88. The molecule has 0 aromatic heterocycles. The highest BCUT2D eigenvalue weighted by Crippen LogP contribution is 2.28. The summed E-state index contributed by atoms with van der Waals surface area (Å²) in [5.41, 5.74) is 0. The molecule has 9 heteroatoms. The van der Waals surface area contributed by atoms with Crippen molar-refractivity contribution >= 4 is 17.7 Å². The van der Waals surface area contributed by atoms with Crippen molar-refractivity contribution in [3.8, 4) is 0 Å². The molecule has 6 unspecified atom stereocenters. The minimum absolute atomic E-state index is 0.0178. The molecular weight excluding hydrogens is 472 g/mol. The molecule has 1 aliphatic heterocycles. The zero-order valence-corrected chi connectivity index (χ0v) is 25.0. The fraction of sp³-hybridized carbons (Fsp3) is 0.893. The van der Waals surface area contributed by atoms with Gasteiger partial charge in [0.15, 0.2) is 0 Å². The zero-order valence-electron chi connectivity index (χ0n) is 25.0. The van der Waals surface area contributed by atoms with Gasteiger partial charge in [0.2, 0.25) is 17.7 Å². The predicted octanol–water partition coefficient (Wildman–Crippen LogP) is 2.68. The highest BCUT2D eigenvalue weighted by atomic mass is 16.5. The molecule has 1 fully saturated rings. The maximum atomic E-state index is 13.6. The van der Waals surface area contributed by atoms with E-state index < -0.39 is 6.10 Å². The fourth-order valence-electron chi connectivity index (χ4n) is 5.68. The topological polar surface area (TPSA) is 100 Å². The van der Waals surface area contributed by atoms with Crippen LogP contribution in [-0.4, -0.2) is 99.3 Å². The highest BCUT2D eigenvalue weighted by molar-refractivity contribution is 5.87. The van der Waals surface area contributed by atoms with Crippen molar-refractivity contribution in [1.29, 1.82) is 0 Å². The van der Waals surface area contributed by atoms with Crippen LogP contribution in [0.25, 0.3) is 0 Å². The predicted molar refractivity (Wildman–Crippen MR) is 147 cm³/mol. The molecule has 37 heavy (non-hydrogen) atoms. The number of ether oxygens (including phenoxy) is 2. The number of piperidine rings is 1. The summed E-state index contributed by atoms with van der Waals surface area (Å²) in [6.45, 7) is 12.9. The number of likely N-dealkylation sites (tertiary alicyclic amines) is 1. The molecule has 0 aromatic carbocycles. The molecule has 9 nitrogen and oxygen atoms in total. The van der Waals surface area contributed by atoms with Crippen molar-refractivity contribution in [1.82, 2.24) is 20.4 Å². The second-order valence-electron chi connectivity index (χ2n) is 11.2. The molecule has 6 atom stereocenters. The summed E-state index contributed by atoms with van der Waals surface area (Å²) in [5, 5.41) is 5.77. The zero-order chi connectivity index (χ0) is 28.3. The van der Waals surface area contributed by atoms with Gasteiger partial charge in [-0.25, -0.2) is 0 Å². The number of amides is 3. The maximum Gasteiger partial charge on any atom is 0.242 e. The minimum atomic E-state index is -0.463. The van der Waals surface area contributed by atoms with Crippen LogP contribution in [0.4, 0.5) is 0 Å². The van der Waals surface area contributed by atoms with E-state index >= 15 is 0 Å². The quantitative estimate of drug-likeness (QED) is 0.340. The molecule has 0 spiro atoms. The number of rotatable bonds is 15. The Balaban J connectivity index is 3.03. The van der Waals surface area contributed by atoms with Crippen LogP contribution in [-0.2, 0) is 23.9 Å². The van der Waals surface area contributed by atoms with Crippen molar-refractivity contribution in [3.05, 3.63) is 0 Å². The average Bonchev–Trinajstić information content (AvgIpc) is 2.86. The number of nitrogens with one attached hydrogen (secondary N) is 2. The average molecular weight is 527 g/mol. The second-order valence-corrected chi connectivity index (χ2v) is 11.2. The van der Waals surface area contributed by atoms with Gasteiger partial charge in [-0.1, -0.05) is 48.0 Å². The molecule has 1 heterocycles. The summed E-state index contributed by atoms with van der Waals surface area (Å²) in [6.07, 6.45) is 3.52. The van der Waals surface area contributed by atoms with Crippen molar-refractivity contribution in [2.24, 2.45) is 17.8 Å². The van der Waals surface area contributed by atoms with Gasteiger partial charge in [-0.2, -0.15) is 0 Å². The number of hydrogen-bond acceptors (Lipinski definition) is 6. The van der Waals surface area contributed by atoms with Crippen molar-refractivity contribution in [2.75, 3.05) is 41.4 Å². The van der Waals surface area contributed by atoms with Crippen molar-refractivity contribution in [2.45, 2.75) is 104 Å². The van der Waals surface area contributed by atoms with Gasteiger partial charge in [-0.3, -0.25) is 14.4 Å². The molecule has 0 bridgehead atoms. The molecule has 1 rings (SSSR count). The summed E-state index contributed by atoms with van der Waals surface area (Å²) in [5.74, 6) is 0.125. The standard InChI is InChI=1S/C28H54N4O5/c1-11-20(6)26(31(8)24(34)17-30-28(35)25(29-7)18(2)3)22(36-9)16-23(33)32-15-13-12-14-21(32)27(37-10)19(4)5/h18-22,25-27,29H,11-17H2,1-10H3,(H,30,35). The number of methoxy groups -OCH3 is 2. The van der Waals surface area contributed by atoms with Crippen LogP contribution in [0.3, 0.4) is 0 Å². The Hall–Kier alpha value is -1.71. The van der Waals surface area contributed by atoms with E-state index in [0.29, 0.717) is 12.5 Å². The van der Waals surface area contributed by atoms with Crippen molar-refractivity contribution in [3.63, 3.8) is 0 Å². The SMILES string of the molecule is CCC(C)C(C(CC(=O)N1CCCCC1C(OC)C(C)C)OC)N(C)C(=O)CNC(=O)C(NC)C(C)C. The highest BCUT2D eigenvalue weighted by Gasteiger charge is 2.39. The number of likely N-dealkylation sites (N-methyl/N-ethyl adjacent to an activating group) is 2. The molecule has 0 aliphatic carbocycles. The van der Waals surface area contributed by atoms with Crippen LogP contribution < -0.4 is 10.6 Å². The van der Waals surface area contributed by atoms with Gasteiger partial charge < -0.3 is 29.9 Å². The van der Waals surface area contributed by atoms with Gasteiger partial charge in [-0.15, -0.1) is 0 Å². The number of carbonyl (C=O) groups excluding carboxylic acids is 3. The monoisotopic (exact) mass is 526 g/mol. The third-order valence-electron chi connectivity index (χ3n) is 7.98. The van der Waals surface area contributed by atoms with E-state index in [1.54, 1.807) is 33.2 Å². The normalized spacial score (nSPS) is 20.3. The largest absolute Gasteiger partial charge is 0.379 e. The van der Waals surface area contributed by atoms with Gasteiger partial charge in [0.05, 0.1) is 43.3 Å². The third kappa shape index (κ3) is 9.21. The van der Waals surface area contributed by atoms with Gasteiger partial charge in [0, 0.05) is 27.8 Å². The van der Waals surface area contributed by atoms with E-state index in [4.69, 9.17) is 9.47 Å². The molecule has 1 aliphatic rings. The van der Waals surface area contributed by atoms with E-state index in [9.17, 15) is 14.4 Å². The van der Waals surface area contributed by atoms with Crippen molar-refractivity contribution < 1.29 is 23.9 Å². The summed E-state index contributed by atoms with van der Waals surface area (Å²) in [4.78, 5) is 43.0. The maximum absolute atomic E-state index is 13.6. The van der Waals surface area contributed by atoms with E-state index in [1.165, 1.54) is 0 Å². The lowest BCUT2D eigenvalue weighted by Gasteiger charge is -2.43. The molecule has 0 aromatic rings. The Labute approximate surface area is 225 Å². The number of nitrogens with zero attached hydrogens (tertiary/aromatic N) is 2. The fourth-order valence-corrected chi connectivity index (χ4v) is 5.68. The van der Waals surface area contributed by atoms with Gasteiger partial charge in [0.1, 0.15) is 0 Å². The van der Waals surface area contributed by atoms with Crippen LogP contribution >= 0.6 is 0 Å². The van der Waals surface area contributed by atoms with E-state index in [1.807, 2.05) is 18.7 Å². The van der Waals surface area contributed by atoms with Gasteiger partial charge >= 0.3 is 0 Å². The molecule has 216 valence electrons. The molecule has 2 N–H and O–H groups in total. The first-order valence-electron chi connectivity index (χ1n) is 14.0. The molecule has 3 amide bonds. The van der Waals surface area contributed by atoms with E-state index in [0.717, 1.165) is 25.7 Å². The summed E-state index contributed by atoms with van der Waals surface area (Å²) in [6, 6.07) is -0.631. The Morgan fingerprint density at radius 3 is 2.16 bits per heavy atom. The Kier molecular flexibility index (Phi) is 14.7. The number of carbonyl (C=O) groups is 3. The second kappa shape index (κ2) is 16.3. The molecular formula is C28H54N4O5. The smallest absolute Gasteiger partial charge is 0.242 e. The van der Waals surface area contributed by atoms with E-state index in [2.05, 4.69) is 38.3 Å². The summed E-state index contributed by atoms with van der Waals surface area (Å²) < 4.78 is 11.7. The summed E-state index contributed by atoms with van der Waals surface area (Å²) in [7, 11) is 6.80. The van der Waals surface area contributed by atoms with Gasteiger partial charge in [0.25, 0.3) is 0 Å². The van der Waals surface area contributed by atoms with E-state index in [-0.39, 0.29) is 66.8 Å². The van der Waals surface area contributed by atoms with Crippen LogP contribution in [0.15, 0.2) is 0 Å². The third-order valence-corrected chi connectivity index (χ3v) is 7.98. The first-order valence-corrected chi connectivity index (χ1v) is 14.0. The first kappa shape index (κ1) is 33.3. The Morgan fingerprint density at radius 2 is 1.68 bits per heavy atom. The van der Waals surface area contributed by atoms with Crippen LogP contribution in [0, 0.1) is 17.8 Å². The van der Waals surface area contributed by atoms with Crippen LogP contribution in [0.5, 0.6) is 0 Å². The first-order chi connectivity index (χ1) is 17.4. The molecule has 1 saturated heterocycles. The van der Waals surface area contributed by atoms with Crippen LogP contribution in [0.2, 0.25) is 0 Å². The van der Waals surface area contributed by atoms with Gasteiger partial charge in [-0.05, 0) is 44.1 Å². The lowest BCUT2D eigenvalue weighted by Crippen LogP contribution is -2.56. The Bertz CT molecular complexity index is 717. The minimum Gasteiger partial charge on any atom is -0.379 e.